The predicted octanol–water partition coefficient (Wildman–Crippen LogP) is 0.190. The second kappa shape index (κ2) is 5.33. The Balaban J connectivity index is 2.14. The molecule has 2 heterocycles. The van der Waals surface area contributed by atoms with Gasteiger partial charge in [-0.05, 0) is 6.92 Å². The first-order valence-corrected chi connectivity index (χ1v) is 7.14. The van der Waals surface area contributed by atoms with Crippen LogP contribution in [-0.4, -0.2) is 39.5 Å². The van der Waals surface area contributed by atoms with Crippen LogP contribution in [0.2, 0.25) is 0 Å². The van der Waals surface area contributed by atoms with E-state index >= 15 is 0 Å². The summed E-state index contributed by atoms with van der Waals surface area (Å²) < 4.78 is 27.8. The maximum Gasteiger partial charge on any atom is 0.305 e. The minimum Gasteiger partial charge on any atom is -0.481 e. The third-order valence-electron chi connectivity index (χ3n) is 2.54. The zero-order valence-corrected chi connectivity index (χ0v) is 11.4. The Morgan fingerprint density at radius 2 is 2.25 bits per heavy atom. The van der Waals surface area contributed by atoms with Gasteiger partial charge in [0, 0.05) is 11.8 Å². The monoisotopic (exact) mass is 299 g/mol. The Bertz CT molecular complexity index is 718. The van der Waals surface area contributed by atoms with Crippen molar-refractivity contribution >= 4 is 21.8 Å². The van der Waals surface area contributed by atoms with Crippen molar-refractivity contribution in [2.45, 2.75) is 24.8 Å². The number of nitrogens with one attached hydrogen (secondary N) is 2. The number of carboxylic acids is 1. The number of aryl methyl sites for hydroxylation is 2. The molecule has 9 nitrogen and oxygen atoms in total. The first-order chi connectivity index (χ1) is 9.38. The van der Waals surface area contributed by atoms with Crippen molar-refractivity contribution in [3.8, 4) is 0 Å². The maximum absolute atomic E-state index is 12.1. The van der Waals surface area contributed by atoms with Crippen LogP contribution >= 0.6 is 0 Å². The Morgan fingerprint density at radius 3 is 2.85 bits per heavy atom. The minimum absolute atomic E-state index is 0.0445. The molecule has 2 rings (SSSR count). The van der Waals surface area contributed by atoms with Gasteiger partial charge in [0.25, 0.3) is 10.0 Å². The summed E-state index contributed by atoms with van der Waals surface area (Å²) in [5.41, 5.74) is 0.659. The molecule has 3 N–H and O–H groups in total. The molecule has 0 radical (unpaired) electrons. The molecule has 0 aliphatic carbocycles. The molecule has 0 aliphatic heterocycles. The SMILES string of the molecule is Cc1cn[nH]c1NS(=O)(=O)c1cnn(CCC(=O)O)c1. The molecule has 2 aromatic heterocycles. The van der Waals surface area contributed by atoms with E-state index in [2.05, 4.69) is 20.0 Å². The topological polar surface area (TPSA) is 130 Å². The molecule has 2 aromatic rings. The average molecular weight is 299 g/mol. The highest BCUT2D eigenvalue weighted by Crippen LogP contribution is 2.16. The van der Waals surface area contributed by atoms with Crippen molar-refractivity contribution in [1.82, 2.24) is 20.0 Å². The third-order valence-corrected chi connectivity index (χ3v) is 3.84. The van der Waals surface area contributed by atoms with Crippen LogP contribution < -0.4 is 4.72 Å². The third kappa shape index (κ3) is 3.15. The van der Waals surface area contributed by atoms with Crippen molar-refractivity contribution < 1.29 is 18.3 Å². The smallest absolute Gasteiger partial charge is 0.305 e. The normalized spacial score (nSPS) is 11.4. The van der Waals surface area contributed by atoms with E-state index in [1.807, 2.05) is 0 Å². The molecule has 0 saturated heterocycles. The van der Waals surface area contributed by atoms with Gasteiger partial charge in [-0.3, -0.25) is 19.3 Å². The van der Waals surface area contributed by atoms with Crippen LogP contribution in [0, 0.1) is 6.92 Å². The summed E-state index contributed by atoms with van der Waals surface area (Å²) in [6.45, 7) is 1.81. The maximum atomic E-state index is 12.1. The standard InChI is InChI=1S/C10H13N5O4S/c1-7-4-11-13-10(7)14-20(18,19)8-5-12-15(6-8)3-2-9(16)17/h4-6H,2-3H2,1H3,(H,16,17)(H2,11,13,14). The first kappa shape index (κ1) is 14.1. The quantitative estimate of drug-likeness (QED) is 0.698. The summed E-state index contributed by atoms with van der Waals surface area (Å²) in [6.07, 6.45) is 3.80. The number of H-pyrrole nitrogens is 1. The van der Waals surface area contributed by atoms with Gasteiger partial charge < -0.3 is 5.11 Å². The van der Waals surface area contributed by atoms with Crippen molar-refractivity contribution in [3.05, 3.63) is 24.2 Å². The zero-order chi connectivity index (χ0) is 14.8. The van der Waals surface area contributed by atoms with Gasteiger partial charge in [-0.2, -0.15) is 10.2 Å². The molecule has 0 amide bonds. The van der Waals surface area contributed by atoms with Crippen molar-refractivity contribution in [1.29, 1.82) is 0 Å². The summed E-state index contributed by atoms with van der Waals surface area (Å²) in [6, 6.07) is 0. The Morgan fingerprint density at radius 1 is 1.50 bits per heavy atom. The zero-order valence-electron chi connectivity index (χ0n) is 10.6. The van der Waals surface area contributed by atoms with E-state index in [4.69, 9.17) is 5.11 Å². The second-order valence-electron chi connectivity index (χ2n) is 4.12. The fourth-order valence-electron chi connectivity index (χ4n) is 1.46. The number of anilines is 1. The molecule has 0 atom stereocenters. The molecule has 0 unspecified atom stereocenters. The van der Waals surface area contributed by atoms with Gasteiger partial charge in [0.2, 0.25) is 0 Å². The van der Waals surface area contributed by atoms with Gasteiger partial charge in [-0.15, -0.1) is 0 Å². The van der Waals surface area contributed by atoms with Gasteiger partial charge >= 0.3 is 5.97 Å². The van der Waals surface area contributed by atoms with Crippen LogP contribution in [0.25, 0.3) is 0 Å². The molecule has 0 fully saturated rings. The number of aliphatic carboxylic acids is 1. The molecular weight excluding hydrogens is 286 g/mol. The summed E-state index contributed by atoms with van der Waals surface area (Å²) in [4.78, 5) is 10.4. The van der Waals surface area contributed by atoms with Gasteiger partial charge in [0.15, 0.2) is 0 Å². The molecule has 0 saturated carbocycles. The Kier molecular flexibility index (Phi) is 3.74. The van der Waals surface area contributed by atoms with E-state index in [-0.39, 0.29) is 23.7 Å². The number of carbonyl (C=O) groups is 1. The van der Waals surface area contributed by atoms with E-state index in [0.717, 1.165) is 6.20 Å². The fraction of sp³-hybridized carbons (Fsp3) is 0.300. The van der Waals surface area contributed by atoms with Crippen molar-refractivity contribution in [3.63, 3.8) is 0 Å². The van der Waals surface area contributed by atoms with E-state index < -0.39 is 16.0 Å². The molecule has 10 heteroatoms. The molecular formula is C10H13N5O4S. The van der Waals surface area contributed by atoms with Gasteiger partial charge in [0.1, 0.15) is 10.7 Å². The number of carboxylic acid groups (broad SMARTS) is 1. The highest BCUT2D eigenvalue weighted by atomic mass is 32.2. The predicted molar refractivity (Wildman–Crippen MR) is 68.6 cm³/mol. The largest absolute Gasteiger partial charge is 0.481 e. The van der Waals surface area contributed by atoms with E-state index in [9.17, 15) is 13.2 Å². The number of sulfonamides is 1. The number of rotatable bonds is 6. The van der Waals surface area contributed by atoms with Crippen LogP contribution in [-0.2, 0) is 21.4 Å². The van der Waals surface area contributed by atoms with Gasteiger partial charge in [0.05, 0.1) is 25.4 Å². The number of aromatic amines is 1. The lowest BCUT2D eigenvalue weighted by Gasteiger charge is -2.04. The van der Waals surface area contributed by atoms with E-state index in [0.29, 0.717) is 5.56 Å². The lowest BCUT2D eigenvalue weighted by atomic mass is 10.4. The molecule has 0 aromatic carbocycles. The highest BCUT2D eigenvalue weighted by Gasteiger charge is 2.18. The molecule has 0 aliphatic rings. The first-order valence-electron chi connectivity index (χ1n) is 5.65. The molecule has 20 heavy (non-hydrogen) atoms. The molecule has 0 spiro atoms. The average Bonchev–Trinajstić information content (AvgIpc) is 2.97. The summed E-state index contributed by atoms with van der Waals surface area (Å²) >= 11 is 0. The fourth-order valence-corrected chi connectivity index (χ4v) is 2.50. The minimum atomic E-state index is -3.78. The van der Waals surface area contributed by atoms with Crippen LogP contribution in [0.1, 0.15) is 12.0 Å². The lowest BCUT2D eigenvalue weighted by Crippen LogP contribution is -2.13. The van der Waals surface area contributed by atoms with Crippen LogP contribution in [0.5, 0.6) is 0 Å². The van der Waals surface area contributed by atoms with Crippen molar-refractivity contribution in [2.75, 3.05) is 4.72 Å². The van der Waals surface area contributed by atoms with Crippen molar-refractivity contribution in [2.24, 2.45) is 0 Å². The van der Waals surface area contributed by atoms with Crippen LogP contribution in [0.4, 0.5) is 5.82 Å². The second-order valence-corrected chi connectivity index (χ2v) is 5.80. The summed E-state index contributed by atoms with van der Waals surface area (Å²) in [5, 5.41) is 18.6. The Hall–Kier alpha value is -2.36. The Labute approximate surface area is 114 Å². The van der Waals surface area contributed by atoms with Gasteiger partial charge in [-0.1, -0.05) is 0 Å². The number of nitrogens with zero attached hydrogens (tertiary/aromatic N) is 3. The van der Waals surface area contributed by atoms with Crippen LogP contribution in [0.3, 0.4) is 0 Å². The summed E-state index contributed by atoms with van der Waals surface area (Å²) in [7, 11) is -3.78. The molecule has 0 bridgehead atoms. The van der Waals surface area contributed by atoms with E-state index in [1.165, 1.54) is 17.1 Å². The number of hydrogen-bond acceptors (Lipinski definition) is 5. The van der Waals surface area contributed by atoms with Gasteiger partial charge in [-0.25, -0.2) is 8.42 Å². The van der Waals surface area contributed by atoms with Crippen LogP contribution in [0.15, 0.2) is 23.5 Å². The lowest BCUT2D eigenvalue weighted by molar-refractivity contribution is -0.137. The number of aromatic nitrogens is 4. The number of hydrogen-bond donors (Lipinski definition) is 3. The highest BCUT2D eigenvalue weighted by molar-refractivity contribution is 7.92. The molecule has 108 valence electrons. The summed E-state index contributed by atoms with van der Waals surface area (Å²) in [5.74, 6) is -0.695. The van der Waals surface area contributed by atoms with E-state index in [1.54, 1.807) is 6.92 Å².